The molecule has 0 heterocycles. The third kappa shape index (κ3) is 4.24. The van der Waals surface area contributed by atoms with Crippen molar-refractivity contribution in [3.63, 3.8) is 0 Å². The Morgan fingerprint density at radius 1 is 0.731 bits per heavy atom. The summed E-state index contributed by atoms with van der Waals surface area (Å²) >= 11 is 0. The summed E-state index contributed by atoms with van der Waals surface area (Å²) in [5.41, 5.74) is 1.71. The summed E-state index contributed by atoms with van der Waals surface area (Å²) < 4.78 is 41.4. The number of hydrogen-bond donors (Lipinski definition) is 0. The van der Waals surface area contributed by atoms with E-state index in [1.54, 1.807) is 0 Å². The molecule has 0 aliphatic rings. The Morgan fingerprint density at radius 2 is 1.08 bits per heavy atom. The van der Waals surface area contributed by atoms with Crippen LogP contribution in [0.15, 0.2) is 83.4 Å². The van der Waals surface area contributed by atoms with Gasteiger partial charge in [0.15, 0.2) is 0 Å². The molecule has 0 saturated carbocycles. The maximum atomic E-state index is 11.9. The van der Waals surface area contributed by atoms with Gasteiger partial charge in [0.1, 0.15) is 0 Å². The van der Waals surface area contributed by atoms with E-state index in [2.05, 4.69) is 0 Å². The Hall–Kier alpha value is -1.52. The Morgan fingerprint density at radius 3 is 1.35 bits per heavy atom. The van der Waals surface area contributed by atoms with Gasteiger partial charge in [0.25, 0.3) is 0 Å². The van der Waals surface area contributed by atoms with Crippen molar-refractivity contribution in [1.82, 2.24) is 0 Å². The van der Waals surface area contributed by atoms with E-state index in [0.29, 0.717) is 10.6 Å². The molecule has 2 aromatic carbocycles. The van der Waals surface area contributed by atoms with Gasteiger partial charge in [0, 0.05) is 0 Å². The number of benzene rings is 2. The van der Waals surface area contributed by atoms with E-state index in [0.717, 1.165) is 11.1 Å². The molecule has 4 nitrogen and oxygen atoms in total. The summed E-state index contributed by atoms with van der Waals surface area (Å²) in [6, 6.07) is 18.2. The van der Waals surface area contributed by atoms with Gasteiger partial charge < -0.3 is 0 Å². The van der Waals surface area contributed by atoms with E-state index >= 15 is 0 Å². The van der Waals surface area contributed by atoms with Gasteiger partial charge in [-0.1, -0.05) is 0 Å². The molecule has 0 bridgehead atoms. The van der Waals surface area contributed by atoms with Crippen molar-refractivity contribution in [1.29, 1.82) is 0 Å². The Kier molecular flexibility index (Phi) is 6.09. The van der Waals surface area contributed by atoms with E-state index in [9.17, 15) is 14.0 Å². The molecule has 0 aromatic heterocycles. The van der Waals surface area contributed by atoms with Crippen molar-refractivity contribution in [2.45, 2.75) is 27.7 Å². The van der Waals surface area contributed by atoms with Crippen LogP contribution in [0.1, 0.15) is 27.7 Å². The van der Waals surface area contributed by atoms with Crippen molar-refractivity contribution >= 4 is 17.4 Å². The molecule has 140 valence electrons. The topological polar surface area (TPSA) is 78.4 Å². The predicted octanol–water partition coefficient (Wildman–Crippen LogP) is 1.87. The van der Waals surface area contributed by atoms with Crippen LogP contribution in [0, 0.1) is 10.2 Å². The molecule has 0 atom stereocenters. The van der Waals surface area contributed by atoms with Crippen molar-refractivity contribution < 1.29 is 28.3 Å². The number of rotatable bonds is 6. The zero-order valence-corrected chi connectivity index (χ0v) is 17.0. The van der Waals surface area contributed by atoms with Crippen LogP contribution in [0.5, 0.6) is 0 Å². The van der Waals surface area contributed by atoms with Gasteiger partial charge in [-0.3, -0.25) is 0 Å². The summed E-state index contributed by atoms with van der Waals surface area (Å²) in [6.45, 7) is 3.35. The average molecular weight is 395 g/mol. The van der Waals surface area contributed by atoms with Crippen LogP contribution in [-0.2, 0) is 4.08 Å². The monoisotopic (exact) mass is 394 g/mol. The van der Waals surface area contributed by atoms with E-state index in [4.69, 9.17) is 4.08 Å². The fourth-order valence-electron chi connectivity index (χ4n) is 3.28. The quantitative estimate of drug-likeness (QED) is 0.701. The van der Waals surface area contributed by atoms with Gasteiger partial charge in [-0.05, 0) is 0 Å². The Balaban J connectivity index is 3.11. The molecule has 2 rings (SSSR count). The zero-order valence-electron chi connectivity index (χ0n) is 15.4. The summed E-state index contributed by atoms with van der Waals surface area (Å²) in [5, 5.41) is 1.30. The Bertz CT molecular complexity index is 741. The SMILES string of the molecule is CC(C)=CP(C=C(C)C)(O[Cl+3]([O-])([O-])[O-])(c1ccccc1)c1ccccc1. The average Bonchev–Trinajstić information content (AvgIpc) is 2.54. The zero-order chi connectivity index (χ0) is 19.4. The second kappa shape index (κ2) is 7.61. The van der Waals surface area contributed by atoms with Gasteiger partial charge >= 0.3 is 157 Å². The molecule has 0 aliphatic carbocycles. The summed E-state index contributed by atoms with van der Waals surface area (Å²) in [7, 11) is -4.69. The molecule has 0 aliphatic heterocycles. The third-order valence-corrected chi connectivity index (χ3v) is 10.5. The minimum absolute atomic E-state index is 0.652. The molecule has 6 heteroatoms. The van der Waals surface area contributed by atoms with Gasteiger partial charge in [0.05, 0.1) is 0 Å². The second-order valence-electron chi connectivity index (χ2n) is 6.70. The molecule has 0 spiro atoms. The molecule has 0 radical (unpaired) electrons. The third-order valence-electron chi connectivity index (χ3n) is 3.84. The number of allylic oxidation sites excluding steroid dienone is 2. The molecular formula is C20H24ClO4P. The normalized spacial score (nSPS) is 13.4. The summed E-state index contributed by atoms with van der Waals surface area (Å²) in [5.74, 6) is 3.62. The van der Waals surface area contributed by atoms with Crippen molar-refractivity contribution in [2.24, 2.45) is 0 Å². The summed E-state index contributed by atoms with van der Waals surface area (Å²) in [6.07, 6.45) is 0. The number of hydrogen-bond acceptors (Lipinski definition) is 4. The van der Waals surface area contributed by atoms with Crippen molar-refractivity contribution in [3.05, 3.63) is 83.4 Å². The molecule has 0 amide bonds. The Labute approximate surface area is 157 Å². The fourth-order valence-corrected chi connectivity index (χ4v) is 10.3. The van der Waals surface area contributed by atoms with Gasteiger partial charge in [-0.15, -0.1) is 0 Å². The van der Waals surface area contributed by atoms with Crippen LogP contribution in [0.25, 0.3) is 0 Å². The van der Waals surface area contributed by atoms with Gasteiger partial charge in [-0.25, -0.2) is 0 Å². The minimum atomic E-state index is -4.69. The standard InChI is InChI=1S/C20H24ClO4P/c1-17(2)15-26(16-18(3)4,25-21(22,23)24,19-11-7-5-8-12-19)20-13-9-6-10-14-20/h5-16H,1-4H3. The first-order valence-electron chi connectivity index (χ1n) is 8.16. The van der Waals surface area contributed by atoms with Crippen LogP contribution in [-0.4, -0.2) is 0 Å². The van der Waals surface area contributed by atoms with Crippen LogP contribution >= 0.6 is 6.83 Å². The molecule has 0 saturated heterocycles. The van der Waals surface area contributed by atoms with Crippen LogP contribution in [0.2, 0.25) is 0 Å². The molecular weight excluding hydrogens is 371 g/mol. The first kappa shape index (κ1) is 20.8. The molecule has 0 unspecified atom stereocenters. The molecule has 0 N–H and O–H groups in total. The molecule has 0 fully saturated rings. The summed E-state index contributed by atoms with van der Waals surface area (Å²) in [4.78, 5) is 0. The van der Waals surface area contributed by atoms with Crippen molar-refractivity contribution in [3.8, 4) is 0 Å². The maximum absolute atomic E-state index is 11.9. The van der Waals surface area contributed by atoms with E-state index in [-0.39, 0.29) is 0 Å². The molecule has 2 aromatic rings. The van der Waals surface area contributed by atoms with E-state index < -0.39 is 17.1 Å². The van der Waals surface area contributed by atoms with Crippen LogP contribution in [0.4, 0.5) is 0 Å². The van der Waals surface area contributed by atoms with E-state index in [1.807, 2.05) is 100.0 Å². The number of halogens is 1. The van der Waals surface area contributed by atoms with Gasteiger partial charge in [0.2, 0.25) is 0 Å². The van der Waals surface area contributed by atoms with Crippen molar-refractivity contribution in [2.75, 3.05) is 0 Å². The predicted molar refractivity (Wildman–Crippen MR) is 99.0 cm³/mol. The second-order valence-corrected chi connectivity index (χ2v) is 11.9. The van der Waals surface area contributed by atoms with Crippen LogP contribution < -0.4 is 24.6 Å². The molecule has 26 heavy (non-hydrogen) atoms. The van der Waals surface area contributed by atoms with Gasteiger partial charge in [-0.2, -0.15) is 0 Å². The first-order valence-corrected chi connectivity index (χ1v) is 11.7. The van der Waals surface area contributed by atoms with E-state index in [1.165, 1.54) is 0 Å². The van der Waals surface area contributed by atoms with Crippen LogP contribution in [0.3, 0.4) is 0 Å². The fraction of sp³-hybridized carbons (Fsp3) is 0.200. The first-order chi connectivity index (χ1) is 12.1.